The van der Waals surface area contributed by atoms with Gasteiger partial charge < -0.3 is 14.9 Å². The van der Waals surface area contributed by atoms with Crippen molar-refractivity contribution in [2.24, 2.45) is 0 Å². The van der Waals surface area contributed by atoms with Crippen LogP contribution in [0.4, 0.5) is 23.2 Å². The van der Waals surface area contributed by atoms with Crippen molar-refractivity contribution in [3.05, 3.63) is 53.9 Å². The average molecular weight is 497 g/mol. The summed E-state index contributed by atoms with van der Waals surface area (Å²) in [5.41, 5.74) is 1.25. The Morgan fingerprint density at radius 3 is 2.40 bits per heavy atom. The highest BCUT2D eigenvalue weighted by Gasteiger charge is 2.49. The van der Waals surface area contributed by atoms with Crippen LogP contribution in [0.1, 0.15) is 22.6 Å². The Kier molecular flexibility index (Phi) is 7.38. The third-order valence-electron chi connectivity index (χ3n) is 5.92. The second-order valence-corrected chi connectivity index (χ2v) is 8.36. The third-order valence-corrected chi connectivity index (χ3v) is 5.92. The van der Waals surface area contributed by atoms with Gasteiger partial charge in [-0.15, -0.1) is 0 Å². The summed E-state index contributed by atoms with van der Waals surface area (Å²) in [7, 11) is 1.90. The van der Waals surface area contributed by atoms with Crippen LogP contribution in [0.15, 0.2) is 36.7 Å². The number of nitrogens with zero attached hydrogens (tertiary/aromatic N) is 5. The number of aliphatic carboxylic acids is 1. The molecule has 3 heterocycles. The van der Waals surface area contributed by atoms with Gasteiger partial charge in [0.2, 0.25) is 5.91 Å². The SMILES string of the molecule is Cc1cnc(C(=O)N2CCC3(C2)CN(c2cccc(F)c2)C(=O)CN3C)cn1.O=C(O)C(F)(F)F. The first-order chi connectivity index (χ1) is 16.3. The van der Waals surface area contributed by atoms with Gasteiger partial charge in [0.05, 0.1) is 24.0 Å². The van der Waals surface area contributed by atoms with Gasteiger partial charge in [0, 0.05) is 31.5 Å². The molecular weight excluding hydrogens is 474 g/mol. The smallest absolute Gasteiger partial charge is 0.475 e. The molecule has 0 radical (unpaired) electrons. The summed E-state index contributed by atoms with van der Waals surface area (Å²) in [4.78, 5) is 48.0. The number of carbonyl (C=O) groups is 3. The van der Waals surface area contributed by atoms with E-state index in [-0.39, 0.29) is 29.7 Å². The van der Waals surface area contributed by atoms with E-state index in [1.54, 1.807) is 28.1 Å². The maximum atomic E-state index is 13.7. The molecule has 4 rings (SSSR count). The first kappa shape index (κ1) is 26.0. The number of benzene rings is 1. The number of carboxylic acid groups (broad SMARTS) is 1. The molecule has 2 aliphatic rings. The Labute approximate surface area is 198 Å². The van der Waals surface area contributed by atoms with Crippen molar-refractivity contribution < 1.29 is 37.1 Å². The molecule has 1 aromatic heterocycles. The molecule has 1 aromatic carbocycles. The number of alkyl halides is 3. The summed E-state index contributed by atoms with van der Waals surface area (Å²) in [5.74, 6) is -3.37. The number of amides is 2. The zero-order valence-electron chi connectivity index (χ0n) is 18.9. The fourth-order valence-electron chi connectivity index (χ4n) is 3.97. The number of hydrogen-bond acceptors (Lipinski definition) is 6. The number of aromatic nitrogens is 2. The van der Waals surface area contributed by atoms with Crippen LogP contribution in [0.3, 0.4) is 0 Å². The van der Waals surface area contributed by atoms with Gasteiger partial charge in [0.1, 0.15) is 11.5 Å². The summed E-state index contributed by atoms with van der Waals surface area (Å²) < 4.78 is 45.4. The number of rotatable bonds is 2. The van der Waals surface area contributed by atoms with E-state index in [9.17, 15) is 27.2 Å². The quantitative estimate of drug-likeness (QED) is 0.634. The predicted octanol–water partition coefficient (Wildman–Crippen LogP) is 2.12. The Morgan fingerprint density at radius 2 is 1.83 bits per heavy atom. The largest absolute Gasteiger partial charge is 0.490 e. The van der Waals surface area contributed by atoms with E-state index < -0.39 is 12.1 Å². The number of carbonyl (C=O) groups excluding carboxylic acids is 2. The molecule has 2 saturated heterocycles. The Hall–Kier alpha value is -3.61. The molecule has 2 aromatic rings. The second kappa shape index (κ2) is 9.94. The van der Waals surface area contributed by atoms with Crippen LogP contribution >= 0.6 is 0 Å². The Morgan fingerprint density at radius 1 is 1.14 bits per heavy atom. The molecule has 2 amide bonds. The molecule has 2 fully saturated rings. The Balaban J connectivity index is 0.000000429. The molecule has 13 heteroatoms. The first-order valence-electron chi connectivity index (χ1n) is 10.5. The number of halogens is 4. The van der Waals surface area contributed by atoms with E-state index in [4.69, 9.17) is 9.90 Å². The zero-order chi connectivity index (χ0) is 26.0. The highest BCUT2D eigenvalue weighted by Crippen LogP contribution is 2.34. The summed E-state index contributed by atoms with van der Waals surface area (Å²) in [5, 5.41) is 7.12. The van der Waals surface area contributed by atoms with Crippen molar-refractivity contribution in [2.45, 2.75) is 25.1 Å². The summed E-state index contributed by atoms with van der Waals surface area (Å²) in [6.45, 7) is 3.51. The lowest BCUT2D eigenvalue weighted by atomic mass is 9.92. The van der Waals surface area contributed by atoms with E-state index in [0.29, 0.717) is 31.0 Å². The fourth-order valence-corrected chi connectivity index (χ4v) is 3.97. The zero-order valence-corrected chi connectivity index (χ0v) is 18.9. The number of piperazine rings is 1. The average Bonchev–Trinajstić information content (AvgIpc) is 3.21. The van der Waals surface area contributed by atoms with E-state index in [0.717, 1.165) is 12.1 Å². The Bertz CT molecular complexity index is 1110. The van der Waals surface area contributed by atoms with Crippen LogP contribution in [0, 0.1) is 12.7 Å². The summed E-state index contributed by atoms with van der Waals surface area (Å²) >= 11 is 0. The lowest BCUT2D eigenvalue weighted by Gasteiger charge is -2.46. The molecule has 9 nitrogen and oxygen atoms in total. The van der Waals surface area contributed by atoms with Crippen LogP contribution in [0.5, 0.6) is 0 Å². The maximum Gasteiger partial charge on any atom is 0.490 e. The number of anilines is 1. The minimum absolute atomic E-state index is 0.0760. The third kappa shape index (κ3) is 5.91. The van der Waals surface area contributed by atoms with Crippen molar-refractivity contribution in [3.63, 3.8) is 0 Å². The van der Waals surface area contributed by atoms with Crippen LogP contribution in [0.2, 0.25) is 0 Å². The van der Waals surface area contributed by atoms with Crippen molar-refractivity contribution in [1.29, 1.82) is 0 Å². The van der Waals surface area contributed by atoms with E-state index in [2.05, 4.69) is 9.97 Å². The lowest BCUT2D eigenvalue weighted by molar-refractivity contribution is -0.192. The molecule has 1 unspecified atom stereocenters. The van der Waals surface area contributed by atoms with Crippen molar-refractivity contribution in [2.75, 3.05) is 38.1 Å². The standard InChI is InChI=1S/C20H22FN5O2.C2HF3O2/c1-14-9-23-17(10-22-14)19(28)25-7-6-20(12-25)13-26(18(27)11-24(20)2)16-5-3-4-15(21)8-16;3-2(4,5)1(6)7/h3-5,8-10H,6-7,11-13H2,1-2H3;(H,6,7). The van der Waals surface area contributed by atoms with Gasteiger partial charge in [-0.2, -0.15) is 13.2 Å². The summed E-state index contributed by atoms with van der Waals surface area (Å²) in [6.07, 6.45) is -1.28. The van der Waals surface area contributed by atoms with Gasteiger partial charge in [-0.1, -0.05) is 6.07 Å². The molecule has 0 saturated carbocycles. The molecule has 35 heavy (non-hydrogen) atoms. The van der Waals surface area contributed by atoms with Gasteiger partial charge in [-0.05, 0) is 38.6 Å². The molecule has 0 aliphatic carbocycles. The number of likely N-dealkylation sites (N-methyl/N-ethyl adjacent to an activating group) is 1. The highest BCUT2D eigenvalue weighted by atomic mass is 19.4. The molecule has 0 bridgehead atoms. The monoisotopic (exact) mass is 497 g/mol. The molecule has 1 N–H and O–H groups in total. The summed E-state index contributed by atoms with van der Waals surface area (Å²) in [6, 6.07) is 6.07. The minimum Gasteiger partial charge on any atom is -0.475 e. The minimum atomic E-state index is -5.08. The second-order valence-electron chi connectivity index (χ2n) is 8.36. The highest BCUT2D eigenvalue weighted by molar-refractivity contribution is 5.96. The number of likely N-dealkylation sites (tertiary alicyclic amines) is 1. The van der Waals surface area contributed by atoms with Gasteiger partial charge >= 0.3 is 12.1 Å². The van der Waals surface area contributed by atoms with Gasteiger partial charge in [-0.3, -0.25) is 19.5 Å². The number of carboxylic acids is 1. The molecule has 188 valence electrons. The van der Waals surface area contributed by atoms with Gasteiger partial charge in [-0.25, -0.2) is 14.2 Å². The van der Waals surface area contributed by atoms with E-state index >= 15 is 0 Å². The van der Waals surface area contributed by atoms with Crippen molar-refractivity contribution in [1.82, 2.24) is 19.8 Å². The topological polar surface area (TPSA) is 107 Å². The molecule has 1 spiro atoms. The maximum absolute atomic E-state index is 13.7. The van der Waals surface area contributed by atoms with Crippen LogP contribution in [-0.4, -0.2) is 87.6 Å². The molecule has 2 aliphatic heterocycles. The predicted molar refractivity (Wildman–Crippen MR) is 115 cm³/mol. The molecule has 1 atom stereocenters. The van der Waals surface area contributed by atoms with Crippen LogP contribution in [0.25, 0.3) is 0 Å². The number of aryl methyl sites for hydroxylation is 1. The van der Waals surface area contributed by atoms with Crippen molar-refractivity contribution >= 4 is 23.5 Å². The van der Waals surface area contributed by atoms with Gasteiger partial charge in [0.15, 0.2) is 0 Å². The van der Waals surface area contributed by atoms with Crippen LogP contribution in [-0.2, 0) is 9.59 Å². The van der Waals surface area contributed by atoms with E-state index in [1.165, 1.54) is 18.3 Å². The molecular formula is C22H23F4N5O4. The lowest BCUT2D eigenvalue weighted by Crippen LogP contribution is -2.64. The first-order valence-corrected chi connectivity index (χ1v) is 10.5. The normalized spacial score (nSPS) is 20.6. The van der Waals surface area contributed by atoms with Crippen molar-refractivity contribution in [3.8, 4) is 0 Å². The number of hydrogen-bond donors (Lipinski definition) is 1. The fraction of sp³-hybridized carbons (Fsp3) is 0.409. The van der Waals surface area contributed by atoms with Crippen LogP contribution < -0.4 is 4.90 Å². The van der Waals surface area contributed by atoms with Gasteiger partial charge in [0.25, 0.3) is 5.91 Å². The van der Waals surface area contributed by atoms with E-state index in [1.807, 2.05) is 18.9 Å².